The van der Waals surface area contributed by atoms with Crippen molar-refractivity contribution < 1.29 is 5.11 Å². The van der Waals surface area contributed by atoms with Crippen LogP contribution in [0.5, 0.6) is 0 Å². The fourth-order valence-electron chi connectivity index (χ4n) is 3.19. The first-order valence-electron chi connectivity index (χ1n) is 9.29. The molecule has 0 atom stereocenters. The maximum Gasteiger partial charge on any atom is 0.138 e. The first-order valence-corrected chi connectivity index (χ1v) is 9.29. The maximum atomic E-state index is 8.78. The van der Waals surface area contributed by atoms with E-state index in [9.17, 15) is 0 Å². The van der Waals surface area contributed by atoms with Gasteiger partial charge in [-0.15, -0.1) is 15.3 Å². The van der Waals surface area contributed by atoms with Crippen LogP contribution in [0.4, 0.5) is 0 Å². The number of rotatable bonds is 3. The number of fused-ring (bicyclic) bond motifs is 3. The summed E-state index contributed by atoms with van der Waals surface area (Å²) in [6, 6.07) is 23.2. The van der Waals surface area contributed by atoms with Gasteiger partial charge in [-0.25, -0.2) is 14.0 Å². The van der Waals surface area contributed by atoms with Crippen LogP contribution in [0.25, 0.3) is 33.1 Å². The van der Waals surface area contributed by atoms with E-state index in [1.807, 2.05) is 82.2 Å². The Bertz CT molecular complexity index is 1360. The molecule has 0 spiro atoms. The van der Waals surface area contributed by atoms with Crippen LogP contribution in [0.1, 0.15) is 0 Å². The summed E-state index contributed by atoms with van der Waals surface area (Å²) < 4.78 is 5.07. The van der Waals surface area contributed by atoms with Gasteiger partial charge in [0, 0.05) is 0 Å². The van der Waals surface area contributed by atoms with Gasteiger partial charge in [0.2, 0.25) is 0 Å². The lowest BCUT2D eigenvalue weighted by atomic mass is 10.3. The van der Waals surface area contributed by atoms with Crippen molar-refractivity contribution in [2.24, 2.45) is 0 Å². The molecule has 0 aliphatic carbocycles. The van der Waals surface area contributed by atoms with Gasteiger partial charge in [-0.05, 0) is 36.4 Å². The third kappa shape index (κ3) is 3.25. The molecule has 3 aromatic carbocycles. The average molecular weight is 399 g/mol. The van der Waals surface area contributed by atoms with Crippen molar-refractivity contribution in [2.75, 3.05) is 0 Å². The Morgan fingerprint density at radius 1 is 0.533 bits per heavy atom. The normalized spacial score (nSPS) is 11.1. The molecule has 0 aliphatic heterocycles. The summed E-state index contributed by atoms with van der Waals surface area (Å²) in [4.78, 5) is 0. The highest BCUT2D eigenvalue weighted by atomic mass is 16.3. The molecular formula is C20H17N9O. The van der Waals surface area contributed by atoms with E-state index in [1.54, 1.807) is 0 Å². The second kappa shape index (κ2) is 7.68. The average Bonchev–Trinajstić information content (AvgIpc) is 3.52. The second-order valence-electron chi connectivity index (χ2n) is 6.52. The van der Waals surface area contributed by atoms with Crippen LogP contribution in [0.2, 0.25) is 0 Å². The number of hydrogen-bond donors (Lipinski definition) is 1. The van der Waals surface area contributed by atoms with E-state index >= 15 is 0 Å². The fraction of sp³-hybridized carbons (Fsp3) is 0.100. The summed E-state index contributed by atoms with van der Waals surface area (Å²) in [5.74, 6) is 0. The van der Waals surface area contributed by atoms with Crippen molar-refractivity contribution in [2.45, 2.75) is 13.4 Å². The lowest BCUT2D eigenvalue weighted by molar-refractivity contribution is 0.197. The number of hydrogen-bond acceptors (Lipinski definition) is 7. The summed E-state index contributed by atoms with van der Waals surface area (Å²) >= 11 is 0. The van der Waals surface area contributed by atoms with Crippen molar-refractivity contribution in [3.8, 4) is 0 Å². The zero-order chi connectivity index (χ0) is 20.3. The topological polar surface area (TPSA) is 112 Å². The van der Waals surface area contributed by atoms with Crippen molar-refractivity contribution in [1.82, 2.24) is 45.0 Å². The molecule has 0 fully saturated rings. The van der Waals surface area contributed by atoms with E-state index < -0.39 is 0 Å². The smallest absolute Gasteiger partial charge is 0.138 e. The first kappa shape index (κ1) is 17.9. The minimum absolute atomic E-state index is 0.124. The SMILES string of the molecule is OCn1nnc2ccccc21.c1ccc2c(c1)nnn2Cn1nnc2ccccc21. The van der Waals surface area contributed by atoms with Gasteiger partial charge in [-0.1, -0.05) is 52.0 Å². The lowest BCUT2D eigenvalue weighted by Crippen LogP contribution is -2.11. The Balaban J connectivity index is 0.000000149. The van der Waals surface area contributed by atoms with Gasteiger partial charge >= 0.3 is 0 Å². The van der Waals surface area contributed by atoms with Crippen LogP contribution in [-0.4, -0.2) is 50.1 Å². The standard InChI is InChI=1S/C13H10N6.C7H7N3O/c1-3-7-12-10(5-1)14-16-18(12)9-19-13-8-4-2-6-11(13)15-17-19;11-5-10-7-4-2-1-3-6(7)8-9-10/h1-8H,9H2;1-4,11H,5H2. The van der Waals surface area contributed by atoms with E-state index in [1.165, 1.54) is 4.68 Å². The van der Waals surface area contributed by atoms with Gasteiger partial charge in [0.25, 0.3) is 0 Å². The third-order valence-corrected chi connectivity index (χ3v) is 4.66. The fourth-order valence-corrected chi connectivity index (χ4v) is 3.19. The van der Waals surface area contributed by atoms with Crippen molar-refractivity contribution in [1.29, 1.82) is 0 Å². The molecule has 0 aliphatic rings. The van der Waals surface area contributed by atoms with Gasteiger partial charge in [-0.2, -0.15) is 0 Å². The van der Waals surface area contributed by atoms with Gasteiger partial charge in [0.1, 0.15) is 29.9 Å². The monoisotopic (exact) mass is 399 g/mol. The quantitative estimate of drug-likeness (QED) is 0.485. The number of para-hydroxylation sites is 3. The van der Waals surface area contributed by atoms with Gasteiger partial charge in [-0.3, -0.25) is 0 Å². The molecule has 0 saturated carbocycles. The van der Waals surface area contributed by atoms with E-state index in [0.717, 1.165) is 33.1 Å². The molecule has 30 heavy (non-hydrogen) atoms. The van der Waals surface area contributed by atoms with E-state index in [-0.39, 0.29) is 6.73 Å². The highest BCUT2D eigenvalue weighted by molar-refractivity contribution is 5.75. The summed E-state index contributed by atoms with van der Waals surface area (Å²) in [5.41, 5.74) is 5.40. The maximum absolute atomic E-state index is 8.78. The molecule has 6 rings (SSSR count). The molecule has 10 heteroatoms. The Hall–Kier alpha value is -4.18. The number of benzene rings is 3. The number of aliphatic hydroxyl groups is 1. The lowest BCUT2D eigenvalue weighted by Gasteiger charge is -2.02. The van der Waals surface area contributed by atoms with E-state index in [4.69, 9.17) is 5.11 Å². The Kier molecular flexibility index (Phi) is 4.58. The molecule has 0 saturated heterocycles. The molecule has 0 unspecified atom stereocenters. The van der Waals surface area contributed by atoms with Crippen LogP contribution in [0.15, 0.2) is 72.8 Å². The van der Waals surface area contributed by atoms with E-state index in [0.29, 0.717) is 6.67 Å². The first-order chi connectivity index (χ1) is 14.8. The van der Waals surface area contributed by atoms with Crippen LogP contribution in [0, 0.1) is 0 Å². The Labute approximate surface area is 170 Å². The highest BCUT2D eigenvalue weighted by Crippen LogP contribution is 2.13. The molecule has 1 N–H and O–H groups in total. The molecular weight excluding hydrogens is 382 g/mol. The molecule has 3 aromatic heterocycles. The summed E-state index contributed by atoms with van der Waals surface area (Å²) in [7, 11) is 0. The second-order valence-corrected chi connectivity index (χ2v) is 6.52. The minimum atomic E-state index is -0.124. The molecule has 0 radical (unpaired) electrons. The summed E-state index contributed by atoms with van der Waals surface area (Å²) in [5, 5.41) is 32.9. The van der Waals surface area contributed by atoms with Gasteiger partial charge in [0.15, 0.2) is 0 Å². The minimum Gasteiger partial charge on any atom is -0.374 e. The zero-order valence-corrected chi connectivity index (χ0v) is 15.8. The van der Waals surface area contributed by atoms with Crippen LogP contribution < -0.4 is 0 Å². The molecule has 0 amide bonds. The van der Waals surface area contributed by atoms with Crippen molar-refractivity contribution in [3.63, 3.8) is 0 Å². The molecule has 6 aromatic rings. The Morgan fingerprint density at radius 2 is 0.900 bits per heavy atom. The number of aromatic nitrogens is 9. The zero-order valence-electron chi connectivity index (χ0n) is 15.8. The molecule has 148 valence electrons. The van der Waals surface area contributed by atoms with Crippen LogP contribution >= 0.6 is 0 Å². The predicted octanol–water partition coefficient (Wildman–Crippen LogP) is 2.06. The predicted molar refractivity (Wildman–Crippen MR) is 110 cm³/mol. The molecule has 0 bridgehead atoms. The summed E-state index contributed by atoms with van der Waals surface area (Å²) in [6.45, 7) is 0.377. The summed E-state index contributed by atoms with van der Waals surface area (Å²) in [6.07, 6.45) is 0. The van der Waals surface area contributed by atoms with Crippen molar-refractivity contribution >= 4 is 33.1 Å². The molecule has 10 nitrogen and oxygen atoms in total. The van der Waals surface area contributed by atoms with Crippen LogP contribution in [0.3, 0.4) is 0 Å². The largest absolute Gasteiger partial charge is 0.374 e. The molecule has 3 heterocycles. The Morgan fingerprint density at radius 3 is 1.33 bits per heavy atom. The highest BCUT2D eigenvalue weighted by Gasteiger charge is 2.07. The third-order valence-electron chi connectivity index (χ3n) is 4.66. The van der Waals surface area contributed by atoms with Gasteiger partial charge in [0.05, 0.1) is 16.6 Å². The van der Waals surface area contributed by atoms with Crippen LogP contribution in [-0.2, 0) is 13.4 Å². The number of nitrogens with zero attached hydrogens (tertiary/aromatic N) is 9. The van der Waals surface area contributed by atoms with Gasteiger partial charge < -0.3 is 5.11 Å². The van der Waals surface area contributed by atoms with Crippen molar-refractivity contribution in [3.05, 3.63) is 72.8 Å². The number of aliphatic hydroxyl groups excluding tert-OH is 1. The van der Waals surface area contributed by atoms with E-state index in [2.05, 4.69) is 30.9 Å².